The van der Waals surface area contributed by atoms with Gasteiger partial charge in [0.05, 0.1) is 18.8 Å². The molecule has 2 aromatic rings. The summed E-state index contributed by atoms with van der Waals surface area (Å²) in [5.41, 5.74) is 0.556. The lowest BCUT2D eigenvalue weighted by atomic mass is 10.2. The zero-order valence-corrected chi connectivity index (χ0v) is 14.3. The number of hydrogen-bond donors (Lipinski definition) is 0. The van der Waals surface area contributed by atoms with Crippen LogP contribution < -0.4 is 10.5 Å². The number of carbonyl (C=O) groups is 1. The molecule has 8 nitrogen and oxygen atoms in total. The van der Waals surface area contributed by atoms with Crippen molar-refractivity contribution in [3.8, 4) is 0 Å². The minimum Gasteiger partial charge on any atom is -0.368 e. The molecule has 0 aliphatic carbocycles. The Bertz CT molecular complexity index is 805. The van der Waals surface area contributed by atoms with Gasteiger partial charge in [-0.2, -0.15) is 0 Å². The fourth-order valence-corrected chi connectivity index (χ4v) is 2.65. The van der Waals surface area contributed by atoms with Gasteiger partial charge >= 0.3 is 0 Å². The molecule has 1 aliphatic heterocycles. The van der Waals surface area contributed by atoms with Crippen LogP contribution in [0.2, 0.25) is 0 Å². The van der Waals surface area contributed by atoms with Gasteiger partial charge in [-0.25, -0.2) is 9.97 Å². The van der Waals surface area contributed by atoms with Crippen molar-refractivity contribution < 1.29 is 9.53 Å². The molecule has 8 heteroatoms. The Morgan fingerprint density at radius 2 is 2.20 bits per heavy atom. The summed E-state index contributed by atoms with van der Waals surface area (Å²) in [6, 6.07) is 6.64. The van der Waals surface area contributed by atoms with E-state index in [2.05, 4.69) is 9.97 Å². The summed E-state index contributed by atoms with van der Waals surface area (Å²) >= 11 is 0. The summed E-state index contributed by atoms with van der Waals surface area (Å²) in [4.78, 5) is 36.5. The minimum absolute atomic E-state index is 0.0269. The van der Waals surface area contributed by atoms with Gasteiger partial charge in [-0.05, 0) is 12.1 Å². The third-order valence-corrected chi connectivity index (χ3v) is 4.02. The molecular formula is C17H21N5O3. The van der Waals surface area contributed by atoms with E-state index in [0.717, 1.165) is 5.69 Å². The Kier molecular flexibility index (Phi) is 5.08. The highest BCUT2D eigenvalue weighted by atomic mass is 16.5. The third kappa shape index (κ3) is 4.03. The second kappa shape index (κ2) is 7.43. The first-order valence-electron chi connectivity index (χ1n) is 8.09. The number of pyridine rings is 1. The lowest BCUT2D eigenvalue weighted by Crippen LogP contribution is -2.44. The van der Waals surface area contributed by atoms with Crippen molar-refractivity contribution in [3.63, 3.8) is 0 Å². The molecule has 0 saturated carbocycles. The highest BCUT2D eigenvalue weighted by Crippen LogP contribution is 2.21. The summed E-state index contributed by atoms with van der Waals surface area (Å²) < 4.78 is 7.19. The molecular weight excluding hydrogens is 322 g/mol. The van der Waals surface area contributed by atoms with E-state index >= 15 is 0 Å². The zero-order chi connectivity index (χ0) is 17.8. The van der Waals surface area contributed by atoms with Crippen LogP contribution in [0.15, 0.2) is 41.5 Å². The van der Waals surface area contributed by atoms with E-state index in [4.69, 9.17) is 4.74 Å². The molecule has 1 saturated heterocycles. The summed E-state index contributed by atoms with van der Waals surface area (Å²) in [7, 11) is 3.74. The van der Waals surface area contributed by atoms with Crippen LogP contribution in [-0.4, -0.2) is 59.1 Å². The number of carbonyl (C=O) groups excluding carboxylic acids is 1. The van der Waals surface area contributed by atoms with Crippen LogP contribution in [0, 0.1) is 0 Å². The van der Waals surface area contributed by atoms with Crippen LogP contribution in [0.3, 0.4) is 0 Å². The molecule has 0 aromatic carbocycles. The van der Waals surface area contributed by atoms with E-state index in [1.54, 1.807) is 35.5 Å². The lowest BCUT2D eigenvalue weighted by molar-refractivity contribution is -0.139. The Morgan fingerprint density at radius 1 is 1.36 bits per heavy atom. The van der Waals surface area contributed by atoms with Crippen molar-refractivity contribution in [1.29, 1.82) is 0 Å². The Labute approximate surface area is 145 Å². The van der Waals surface area contributed by atoms with Gasteiger partial charge in [0.2, 0.25) is 11.9 Å². The van der Waals surface area contributed by atoms with Gasteiger partial charge in [-0.1, -0.05) is 6.07 Å². The van der Waals surface area contributed by atoms with Gasteiger partial charge in [0.25, 0.3) is 5.56 Å². The summed E-state index contributed by atoms with van der Waals surface area (Å²) in [5.74, 6) is 0.490. The number of hydrogen-bond acceptors (Lipinski definition) is 6. The van der Waals surface area contributed by atoms with Crippen LogP contribution in [0.25, 0.3) is 0 Å². The number of amides is 1. The summed E-state index contributed by atoms with van der Waals surface area (Å²) in [5, 5.41) is 0. The van der Waals surface area contributed by atoms with E-state index in [1.807, 2.05) is 19.0 Å². The van der Waals surface area contributed by atoms with Crippen molar-refractivity contribution in [3.05, 3.63) is 52.7 Å². The number of aromatic nitrogens is 3. The molecule has 0 bridgehead atoms. The fourth-order valence-electron chi connectivity index (χ4n) is 2.65. The molecule has 3 rings (SSSR count). The third-order valence-electron chi connectivity index (χ3n) is 4.02. The van der Waals surface area contributed by atoms with Gasteiger partial charge in [-0.15, -0.1) is 0 Å². The number of morpholine rings is 1. The minimum atomic E-state index is -0.299. The largest absolute Gasteiger partial charge is 0.368 e. The number of nitrogens with zero attached hydrogens (tertiary/aromatic N) is 5. The van der Waals surface area contributed by atoms with Crippen LogP contribution in [0.5, 0.6) is 0 Å². The molecule has 132 valence electrons. The van der Waals surface area contributed by atoms with E-state index in [0.29, 0.717) is 25.6 Å². The van der Waals surface area contributed by atoms with Crippen molar-refractivity contribution >= 4 is 11.9 Å². The maximum Gasteiger partial charge on any atom is 0.250 e. The van der Waals surface area contributed by atoms with Gasteiger partial charge in [0.15, 0.2) is 0 Å². The van der Waals surface area contributed by atoms with Crippen molar-refractivity contribution in [2.45, 2.75) is 12.6 Å². The van der Waals surface area contributed by atoms with Crippen molar-refractivity contribution in [1.82, 2.24) is 19.4 Å². The first kappa shape index (κ1) is 17.1. The monoisotopic (exact) mass is 343 g/mol. The summed E-state index contributed by atoms with van der Waals surface area (Å²) in [6.45, 7) is 1.37. The molecule has 3 heterocycles. The van der Waals surface area contributed by atoms with Gasteiger partial charge < -0.3 is 19.1 Å². The molecule has 0 spiro atoms. The molecule has 1 aliphatic rings. The molecule has 1 amide bonds. The lowest BCUT2D eigenvalue weighted by Gasteiger charge is -2.33. The van der Waals surface area contributed by atoms with E-state index < -0.39 is 0 Å². The average Bonchev–Trinajstić information content (AvgIpc) is 2.64. The topological polar surface area (TPSA) is 80.6 Å². The molecule has 0 N–H and O–H groups in total. The molecule has 1 fully saturated rings. The van der Waals surface area contributed by atoms with E-state index in [9.17, 15) is 9.59 Å². The van der Waals surface area contributed by atoms with Gasteiger partial charge in [0, 0.05) is 39.1 Å². The summed E-state index contributed by atoms with van der Waals surface area (Å²) in [6.07, 6.45) is 3.00. The predicted octanol–water partition coefficient (Wildman–Crippen LogP) is 0.304. The maximum absolute atomic E-state index is 12.5. The maximum atomic E-state index is 12.5. The fraction of sp³-hybridized carbons (Fsp3) is 0.412. The standard InChI is InChI=1S/C17H21N5O3/c1-20(2)17-18-7-6-13(19-17)14-11-22(9-10-25-14)16(24)12-21-8-4-3-5-15(21)23/h3-8,14H,9-12H2,1-2H3/t14-/m1/s1. The van der Waals surface area contributed by atoms with Gasteiger partial charge in [0.1, 0.15) is 12.6 Å². The van der Waals surface area contributed by atoms with Crippen LogP contribution in [-0.2, 0) is 16.1 Å². The quantitative estimate of drug-likeness (QED) is 0.795. The number of ether oxygens (including phenoxy) is 1. The smallest absolute Gasteiger partial charge is 0.250 e. The van der Waals surface area contributed by atoms with Gasteiger partial charge in [-0.3, -0.25) is 9.59 Å². The number of rotatable bonds is 4. The highest BCUT2D eigenvalue weighted by Gasteiger charge is 2.26. The number of anilines is 1. The molecule has 2 aromatic heterocycles. The van der Waals surface area contributed by atoms with Crippen molar-refractivity contribution in [2.24, 2.45) is 0 Å². The highest BCUT2D eigenvalue weighted by molar-refractivity contribution is 5.76. The van der Waals surface area contributed by atoms with Crippen molar-refractivity contribution in [2.75, 3.05) is 38.7 Å². The average molecular weight is 343 g/mol. The normalized spacial score (nSPS) is 17.4. The van der Waals surface area contributed by atoms with E-state index in [1.165, 1.54) is 10.6 Å². The molecule has 0 unspecified atom stereocenters. The van der Waals surface area contributed by atoms with Crippen LogP contribution >= 0.6 is 0 Å². The molecule has 1 atom stereocenters. The van der Waals surface area contributed by atoms with E-state index in [-0.39, 0.29) is 24.1 Å². The SMILES string of the molecule is CN(C)c1nccc([C@H]2CN(C(=O)Cn3ccccc3=O)CCO2)n1. The van der Waals surface area contributed by atoms with Crippen LogP contribution in [0.1, 0.15) is 11.8 Å². The predicted molar refractivity (Wildman–Crippen MR) is 92.3 cm³/mol. The Morgan fingerprint density at radius 3 is 2.96 bits per heavy atom. The zero-order valence-electron chi connectivity index (χ0n) is 14.3. The molecule has 0 radical (unpaired) electrons. The second-order valence-electron chi connectivity index (χ2n) is 6.04. The first-order chi connectivity index (χ1) is 12.0. The van der Waals surface area contributed by atoms with Crippen LogP contribution in [0.4, 0.5) is 5.95 Å². The molecule has 25 heavy (non-hydrogen) atoms. The Balaban J connectivity index is 1.70. The Hall–Kier alpha value is -2.74. The second-order valence-corrected chi connectivity index (χ2v) is 6.04. The first-order valence-corrected chi connectivity index (χ1v) is 8.09.